The van der Waals surface area contributed by atoms with Gasteiger partial charge < -0.3 is 10.6 Å². The Hall–Kier alpha value is 0.230. The van der Waals surface area contributed by atoms with Gasteiger partial charge in [-0.05, 0) is 51.1 Å². The molecule has 0 aromatic rings. The first-order chi connectivity index (χ1) is 8.88. The molecule has 4 heteroatoms. The first-order valence-corrected chi connectivity index (χ1v) is 8.73. The average molecular weight is 286 g/mol. The monoisotopic (exact) mass is 285 g/mol. The van der Waals surface area contributed by atoms with Gasteiger partial charge in [0.25, 0.3) is 0 Å². The summed E-state index contributed by atoms with van der Waals surface area (Å²) in [5, 5.41) is 0. The Morgan fingerprint density at radius 1 is 1.32 bits per heavy atom. The minimum Gasteiger partial charge on any atom is -0.329 e. The third-order valence-corrected chi connectivity index (χ3v) is 6.34. The molecular weight excluding hydrogens is 254 g/mol. The minimum absolute atomic E-state index is 0.240. The first-order valence-electron chi connectivity index (χ1n) is 7.58. The highest BCUT2D eigenvalue weighted by atomic mass is 32.2. The van der Waals surface area contributed by atoms with E-state index in [9.17, 15) is 0 Å². The molecule has 3 nitrogen and oxygen atoms in total. The molecule has 0 aromatic carbocycles. The summed E-state index contributed by atoms with van der Waals surface area (Å²) in [5.74, 6) is 2.50. The van der Waals surface area contributed by atoms with Crippen molar-refractivity contribution in [1.29, 1.82) is 0 Å². The van der Waals surface area contributed by atoms with Crippen molar-refractivity contribution in [3.05, 3.63) is 0 Å². The van der Waals surface area contributed by atoms with E-state index in [0.717, 1.165) is 6.54 Å². The molecular formula is C15H31N3S. The highest BCUT2D eigenvalue weighted by Gasteiger charge is 2.47. The molecule has 2 aliphatic heterocycles. The Morgan fingerprint density at radius 2 is 2.05 bits per heavy atom. The quantitative estimate of drug-likeness (QED) is 0.855. The normalized spacial score (nSPS) is 36.0. The highest BCUT2D eigenvalue weighted by Crippen LogP contribution is 2.44. The molecule has 0 amide bonds. The Kier molecular flexibility index (Phi) is 4.87. The summed E-state index contributed by atoms with van der Waals surface area (Å²) >= 11 is 2.11. The first kappa shape index (κ1) is 15.6. The molecule has 2 atom stereocenters. The number of nitrogens with zero attached hydrogens (tertiary/aromatic N) is 2. The zero-order valence-corrected chi connectivity index (χ0v) is 13.9. The molecule has 112 valence electrons. The lowest BCUT2D eigenvalue weighted by atomic mass is 9.78. The standard InChI is InChI=1S/C15H31N3S/c1-14(2)9-15(10-16,12-19-11-14)18-7-5-6-13(18)8-17(3)4/h13H,5-12,16H2,1-4H3. The molecule has 19 heavy (non-hydrogen) atoms. The summed E-state index contributed by atoms with van der Waals surface area (Å²) in [6.07, 6.45) is 3.93. The van der Waals surface area contributed by atoms with Crippen molar-refractivity contribution in [3.8, 4) is 0 Å². The fourth-order valence-electron chi connectivity index (χ4n) is 4.01. The van der Waals surface area contributed by atoms with Crippen molar-refractivity contribution < 1.29 is 0 Å². The van der Waals surface area contributed by atoms with Gasteiger partial charge >= 0.3 is 0 Å². The molecule has 2 aliphatic rings. The van der Waals surface area contributed by atoms with Crippen LogP contribution >= 0.6 is 11.8 Å². The van der Waals surface area contributed by atoms with Crippen LogP contribution in [0.1, 0.15) is 33.1 Å². The lowest BCUT2D eigenvalue weighted by Crippen LogP contribution is -2.62. The molecule has 0 bridgehead atoms. The minimum atomic E-state index is 0.240. The van der Waals surface area contributed by atoms with Crippen LogP contribution in [0.4, 0.5) is 0 Å². The number of hydrogen-bond acceptors (Lipinski definition) is 4. The number of nitrogens with two attached hydrogens (primary N) is 1. The molecule has 2 N–H and O–H groups in total. The number of likely N-dealkylation sites (tertiary alicyclic amines) is 1. The average Bonchev–Trinajstić information content (AvgIpc) is 2.75. The topological polar surface area (TPSA) is 32.5 Å². The highest BCUT2D eigenvalue weighted by molar-refractivity contribution is 7.99. The van der Waals surface area contributed by atoms with E-state index in [0.29, 0.717) is 11.5 Å². The van der Waals surface area contributed by atoms with E-state index >= 15 is 0 Å². The molecule has 0 spiro atoms. The zero-order chi connectivity index (χ0) is 14.1. The fourth-order valence-corrected chi connectivity index (χ4v) is 5.54. The number of likely N-dealkylation sites (N-methyl/N-ethyl adjacent to an activating group) is 1. The van der Waals surface area contributed by atoms with Gasteiger partial charge in [-0.2, -0.15) is 11.8 Å². The van der Waals surface area contributed by atoms with Gasteiger partial charge in [-0.15, -0.1) is 0 Å². The van der Waals surface area contributed by atoms with Crippen LogP contribution in [-0.2, 0) is 0 Å². The summed E-state index contributed by atoms with van der Waals surface area (Å²) in [5.41, 5.74) is 6.93. The molecule has 2 heterocycles. The van der Waals surface area contributed by atoms with Gasteiger partial charge in [0, 0.05) is 30.4 Å². The van der Waals surface area contributed by atoms with E-state index in [2.05, 4.69) is 49.5 Å². The number of thioether (sulfide) groups is 1. The smallest absolute Gasteiger partial charge is 0.0430 e. The van der Waals surface area contributed by atoms with Gasteiger partial charge in [-0.3, -0.25) is 4.90 Å². The molecule has 2 rings (SSSR count). The van der Waals surface area contributed by atoms with Crippen molar-refractivity contribution >= 4 is 11.8 Å². The molecule has 0 saturated carbocycles. The second-order valence-corrected chi connectivity index (χ2v) is 8.50. The van der Waals surface area contributed by atoms with Crippen LogP contribution in [-0.4, -0.2) is 66.6 Å². The summed E-state index contributed by atoms with van der Waals surface area (Å²) in [6, 6.07) is 0.702. The van der Waals surface area contributed by atoms with Crippen LogP contribution in [0.15, 0.2) is 0 Å². The number of rotatable bonds is 4. The lowest BCUT2D eigenvalue weighted by Gasteiger charge is -2.51. The molecule has 2 fully saturated rings. The van der Waals surface area contributed by atoms with Crippen molar-refractivity contribution in [2.45, 2.75) is 44.7 Å². The van der Waals surface area contributed by atoms with E-state index in [-0.39, 0.29) is 5.54 Å². The van der Waals surface area contributed by atoms with Gasteiger partial charge in [0.15, 0.2) is 0 Å². The fraction of sp³-hybridized carbons (Fsp3) is 1.00. The Bertz CT molecular complexity index is 306. The van der Waals surface area contributed by atoms with Gasteiger partial charge in [0.05, 0.1) is 0 Å². The number of hydrogen-bond donors (Lipinski definition) is 1. The zero-order valence-electron chi connectivity index (χ0n) is 13.1. The Morgan fingerprint density at radius 3 is 2.63 bits per heavy atom. The van der Waals surface area contributed by atoms with E-state index in [1.807, 2.05) is 0 Å². The van der Waals surface area contributed by atoms with Gasteiger partial charge in [0.1, 0.15) is 0 Å². The predicted octanol–water partition coefficient (Wildman–Crippen LogP) is 1.87. The van der Waals surface area contributed by atoms with Gasteiger partial charge in [0.2, 0.25) is 0 Å². The predicted molar refractivity (Wildman–Crippen MR) is 85.8 cm³/mol. The van der Waals surface area contributed by atoms with E-state index in [1.54, 1.807) is 0 Å². The molecule has 0 aliphatic carbocycles. The summed E-state index contributed by atoms with van der Waals surface area (Å²) in [6.45, 7) is 8.04. The van der Waals surface area contributed by atoms with Crippen molar-refractivity contribution in [2.75, 3.05) is 45.2 Å². The van der Waals surface area contributed by atoms with Crippen LogP contribution in [0.5, 0.6) is 0 Å². The Balaban J connectivity index is 2.15. The third kappa shape index (κ3) is 3.46. The molecule has 0 radical (unpaired) electrons. The van der Waals surface area contributed by atoms with Gasteiger partial charge in [-0.1, -0.05) is 13.8 Å². The third-order valence-electron chi connectivity index (χ3n) is 4.61. The largest absolute Gasteiger partial charge is 0.329 e. The molecule has 0 aromatic heterocycles. The summed E-state index contributed by atoms with van der Waals surface area (Å²) < 4.78 is 0. The maximum Gasteiger partial charge on any atom is 0.0430 e. The van der Waals surface area contributed by atoms with Crippen LogP contribution in [0.25, 0.3) is 0 Å². The van der Waals surface area contributed by atoms with Crippen LogP contribution in [0.2, 0.25) is 0 Å². The van der Waals surface area contributed by atoms with Crippen molar-refractivity contribution in [2.24, 2.45) is 11.1 Å². The van der Waals surface area contributed by atoms with Gasteiger partial charge in [-0.25, -0.2) is 0 Å². The van der Waals surface area contributed by atoms with Crippen LogP contribution < -0.4 is 5.73 Å². The summed E-state index contributed by atoms with van der Waals surface area (Å²) in [4.78, 5) is 5.09. The SMILES string of the molecule is CN(C)CC1CCCN1C1(CN)CSCC(C)(C)C1. The second-order valence-electron chi connectivity index (χ2n) is 7.51. The lowest BCUT2D eigenvalue weighted by molar-refractivity contribution is 0.0480. The van der Waals surface area contributed by atoms with Crippen molar-refractivity contribution in [3.63, 3.8) is 0 Å². The Labute approximate surface area is 123 Å². The van der Waals surface area contributed by atoms with E-state index in [4.69, 9.17) is 5.73 Å². The summed E-state index contributed by atoms with van der Waals surface area (Å²) in [7, 11) is 4.37. The molecule has 2 unspecified atom stereocenters. The van der Waals surface area contributed by atoms with Crippen LogP contribution in [0.3, 0.4) is 0 Å². The second kappa shape index (κ2) is 5.92. The van der Waals surface area contributed by atoms with E-state index in [1.165, 1.54) is 43.9 Å². The van der Waals surface area contributed by atoms with Crippen molar-refractivity contribution in [1.82, 2.24) is 9.80 Å². The maximum atomic E-state index is 6.26. The molecule has 2 saturated heterocycles. The van der Waals surface area contributed by atoms with Crippen LogP contribution in [0, 0.1) is 5.41 Å². The van der Waals surface area contributed by atoms with E-state index < -0.39 is 0 Å². The maximum absolute atomic E-state index is 6.26.